The van der Waals surface area contributed by atoms with Crippen LogP contribution in [-0.2, 0) is 0 Å². The van der Waals surface area contributed by atoms with Gasteiger partial charge in [0, 0.05) is 19.2 Å². The van der Waals surface area contributed by atoms with Crippen molar-refractivity contribution < 1.29 is 4.79 Å². The summed E-state index contributed by atoms with van der Waals surface area (Å²) in [7, 11) is 0. The number of piperidine rings is 1. The van der Waals surface area contributed by atoms with E-state index in [1.807, 2.05) is 35.2 Å². The Morgan fingerprint density at radius 2 is 2.14 bits per heavy atom. The summed E-state index contributed by atoms with van der Waals surface area (Å²) in [4.78, 5) is 26.6. The van der Waals surface area contributed by atoms with Gasteiger partial charge in [-0.25, -0.2) is 4.68 Å². The number of hydrogen-bond acceptors (Lipinski definition) is 2. The lowest BCUT2D eigenvalue weighted by atomic mass is 10.0. The quantitative estimate of drug-likeness (QED) is 0.942. The number of nitrogens with one attached hydrogen (secondary N) is 1. The third kappa shape index (κ3) is 1.92. The summed E-state index contributed by atoms with van der Waals surface area (Å²) in [6.07, 6.45) is 2.37. The normalized spacial score (nSPS) is 26.0. The highest BCUT2D eigenvalue weighted by molar-refractivity contribution is 5.92. The average Bonchev–Trinajstić information content (AvgIpc) is 2.91. The van der Waals surface area contributed by atoms with Crippen LogP contribution >= 0.6 is 0 Å². The van der Waals surface area contributed by atoms with Gasteiger partial charge in [-0.05, 0) is 36.3 Å². The first-order valence-electron chi connectivity index (χ1n) is 7.80. The lowest BCUT2D eigenvalue weighted by molar-refractivity contribution is 0.0757. The van der Waals surface area contributed by atoms with Gasteiger partial charge in [-0.1, -0.05) is 25.1 Å². The average molecular weight is 297 g/mol. The van der Waals surface area contributed by atoms with E-state index >= 15 is 0 Å². The van der Waals surface area contributed by atoms with Gasteiger partial charge in [0.15, 0.2) is 0 Å². The monoisotopic (exact) mass is 297 g/mol. The van der Waals surface area contributed by atoms with E-state index < -0.39 is 0 Å². The van der Waals surface area contributed by atoms with Crippen LogP contribution in [0.4, 0.5) is 0 Å². The molecule has 1 aromatic heterocycles. The van der Waals surface area contributed by atoms with Crippen molar-refractivity contribution in [3.05, 3.63) is 52.4 Å². The highest BCUT2D eigenvalue weighted by Gasteiger charge is 2.59. The molecule has 2 aromatic rings. The minimum Gasteiger partial charge on any atom is -0.336 e. The lowest BCUT2D eigenvalue weighted by Crippen LogP contribution is -2.32. The van der Waals surface area contributed by atoms with Crippen molar-refractivity contribution in [1.82, 2.24) is 14.7 Å². The third-order valence-corrected chi connectivity index (χ3v) is 5.26. The molecule has 1 aliphatic carbocycles. The number of fused-ring (bicyclic) bond motifs is 1. The topological polar surface area (TPSA) is 58.1 Å². The number of hydrogen-bond donors (Lipinski definition) is 1. The Bertz CT molecular complexity index is 773. The maximum Gasteiger partial charge on any atom is 0.271 e. The molecule has 5 heteroatoms. The fraction of sp³-hybridized carbons (Fsp3) is 0.412. The van der Waals surface area contributed by atoms with Crippen LogP contribution in [0.1, 0.15) is 30.3 Å². The second-order valence-corrected chi connectivity index (χ2v) is 6.48. The summed E-state index contributed by atoms with van der Waals surface area (Å²) < 4.78 is 1.42. The zero-order valence-electron chi connectivity index (χ0n) is 12.6. The van der Waals surface area contributed by atoms with Crippen LogP contribution in [0, 0.1) is 11.3 Å². The molecule has 114 valence electrons. The molecular weight excluding hydrogens is 278 g/mol. The van der Waals surface area contributed by atoms with Gasteiger partial charge in [0.05, 0.1) is 5.69 Å². The molecule has 2 aliphatic rings. The summed E-state index contributed by atoms with van der Waals surface area (Å²) in [5.74, 6) is 0.594. The number of aromatic amines is 1. The zero-order valence-corrected chi connectivity index (χ0v) is 12.6. The Morgan fingerprint density at radius 3 is 2.82 bits per heavy atom. The molecule has 1 amide bonds. The van der Waals surface area contributed by atoms with Crippen molar-refractivity contribution in [1.29, 1.82) is 0 Å². The molecule has 2 atom stereocenters. The van der Waals surface area contributed by atoms with Gasteiger partial charge in [-0.15, -0.1) is 0 Å². The predicted molar refractivity (Wildman–Crippen MR) is 83.1 cm³/mol. The Labute approximate surface area is 128 Å². The summed E-state index contributed by atoms with van der Waals surface area (Å²) in [6, 6.07) is 10.7. The molecule has 4 rings (SSSR count). The van der Waals surface area contributed by atoms with Crippen molar-refractivity contribution in [2.45, 2.75) is 19.8 Å². The van der Waals surface area contributed by atoms with Crippen molar-refractivity contribution in [3.63, 3.8) is 0 Å². The molecule has 2 fully saturated rings. The highest BCUT2D eigenvalue weighted by Crippen LogP contribution is 2.59. The number of carbonyl (C=O) groups is 1. The van der Waals surface area contributed by atoms with Crippen LogP contribution in [-0.4, -0.2) is 33.7 Å². The predicted octanol–water partition coefficient (Wildman–Crippen LogP) is 2.04. The molecule has 0 bridgehead atoms. The Hall–Kier alpha value is -2.30. The van der Waals surface area contributed by atoms with Crippen molar-refractivity contribution in [3.8, 4) is 5.69 Å². The second kappa shape index (κ2) is 4.60. The smallest absolute Gasteiger partial charge is 0.271 e. The van der Waals surface area contributed by atoms with E-state index in [-0.39, 0.29) is 11.5 Å². The second-order valence-electron chi connectivity index (χ2n) is 6.48. The van der Waals surface area contributed by atoms with Crippen LogP contribution in [0.2, 0.25) is 0 Å². The molecule has 1 aromatic carbocycles. The number of nitrogens with zero attached hydrogens (tertiary/aromatic N) is 2. The van der Waals surface area contributed by atoms with Crippen LogP contribution < -0.4 is 5.56 Å². The first kappa shape index (κ1) is 13.4. The minimum atomic E-state index is -0.205. The summed E-state index contributed by atoms with van der Waals surface area (Å²) in [5, 5.41) is 2.95. The van der Waals surface area contributed by atoms with Gasteiger partial charge in [0.25, 0.3) is 11.5 Å². The summed E-state index contributed by atoms with van der Waals surface area (Å²) in [6.45, 7) is 3.85. The fourth-order valence-electron chi connectivity index (χ4n) is 3.74. The molecule has 1 saturated carbocycles. The molecule has 2 heterocycles. The molecule has 5 nitrogen and oxygen atoms in total. The van der Waals surface area contributed by atoms with Gasteiger partial charge >= 0.3 is 0 Å². The van der Waals surface area contributed by atoms with Crippen LogP contribution in [0.5, 0.6) is 0 Å². The van der Waals surface area contributed by atoms with Crippen LogP contribution in [0.25, 0.3) is 5.69 Å². The molecule has 1 N–H and O–H groups in total. The Balaban J connectivity index is 1.59. The maximum absolute atomic E-state index is 12.6. The Kier molecular flexibility index (Phi) is 2.79. The minimum absolute atomic E-state index is 0.0631. The van der Waals surface area contributed by atoms with E-state index in [4.69, 9.17) is 0 Å². The molecule has 22 heavy (non-hydrogen) atoms. The van der Waals surface area contributed by atoms with Gasteiger partial charge in [-0.3, -0.25) is 14.7 Å². The number of benzene rings is 1. The van der Waals surface area contributed by atoms with E-state index in [0.29, 0.717) is 17.0 Å². The van der Waals surface area contributed by atoms with E-state index in [1.165, 1.54) is 17.2 Å². The molecule has 2 unspecified atom stereocenters. The Morgan fingerprint density at radius 1 is 1.36 bits per heavy atom. The maximum atomic E-state index is 12.6. The number of carbonyl (C=O) groups excluding carboxylic acids is 1. The molecule has 1 aliphatic heterocycles. The van der Waals surface area contributed by atoms with Crippen molar-refractivity contribution in [2.75, 3.05) is 13.1 Å². The molecule has 1 saturated heterocycles. The first-order chi connectivity index (χ1) is 10.6. The van der Waals surface area contributed by atoms with Crippen LogP contribution in [0.3, 0.4) is 0 Å². The number of H-pyrrole nitrogens is 1. The number of amides is 1. The number of para-hydroxylation sites is 1. The zero-order chi connectivity index (χ0) is 15.3. The molecule has 0 radical (unpaired) electrons. The van der Waals surface area contributed by atoms with Crippen molar-refractivity contribution >= 4 is 5.91 Å². The standard InChI is InChI=1S/C17H19N3O2/c1-2-17-9-12(17)10-19(11-17)16(22)14-8-15(21)20(18-14)13-6-4-3-5-7-13/h3-8,12,18H,2,9-11H2,1H3. The van der Waals surface area contributed by atoms with Gasteiger partial charge in [0.2, 0.25) is 0 Å². The summed E-state index contributed by atoms with van der Waals surface area (Å²) >= 11 is 0. The van der Waals surface area contributed by atoms with Gasteiger partial charge < -0.3 is 4.90 Å². The lowest BCUT2D eigenvalue weighted by Gasteiger charge is -2.19. The highest BCUT2D eigenvalue weighted by atomic mass is 16.2. The van der Waals surface area contributed by atoms with Gasteiger partial charge in [-0.2, -0.15) is 0 Å². The largest absolute Gasteiger partial charge is 0.336 e. The number of aromatic nitrogens is 2. The first-order valence-corrected chi connectivity index (χ1v) is 7.80. The SMILES string of the molecule is CCC12CC1CN(C(=O)c1cc(=O)n(-c3ccccc3)[nH]1)C2. The van der Waals surface area contributed by atoms with E-state index in [2.05, 4.69) is 12.0 Å². The summed E-state index contributed by atoms with van der Waals surface area (Å²) in [5.41, 5.74) is 1.27. The molecular formula is C17H19N3O2. The van der Waals surface area contributed by atoms with Crippen LogP contribution in [0.15, 0.2) is 41.2 Å². The van der Waals surface area contributed by atoms with E-state index in [1.54, 1.807) is 0 Å². The third-order valence-electron chi connectivity index (χ3n) is 5.26. The number of rotatable bonds is 3. The van der Waals surface area contributed by atoms with E-state index in [0.717, 1.165) is 25.2 Å². The molecule has 0 spiro atoms. The fourth-order valence-corrected chi connectivity index (χ4v) is 3.74. The van der Waals surface area contributed by atoms with E-state index in [9.17, 15) is 9.59 Å². The van der Waals surface area contributed by atoms with Crippen molar-refractivity contribution in [2.24, 2.45) is 11.3 Å². The number of likely N-dealkylation sites (tertiary alicyclic amines) is 1. The van der Waals surface area contributed by atoms with Gasteiger partial charge in [0.1, 0.15) is 5.69 Å².